The second-order valence-electron chi connectivity index (χ2n) is 15.5. The second-order valence-corrected chi connectivity index (χ2v) is 15.5. The molecular weight excluding hydrogens is 672 g/mol. The van der Waals surface area contributed by atoms with Crippen LogP contribution in [0, 0.1) is 17.8 Å². The van der Waals surface area contributed by atoms with E-state index in [1.165, 1.54) is 6.92 Å². The summed E-state index contributed by atoms with van der Waals surface area (Å²) in [6, 6.07) is -2.60. The Morgan fingerprint density at radius 3 is 1.15 bits per heavy atom. The fraction of sp³-hybridized carbons (Fsp3) is 0.800. The van der Waals surface area contributed by atoms with E-state index in [1.807, 2.05) is 0 Å². The van der Waals surface area contributed by atoms with Crippen LogP contribution in [-0.2, 0) is 33.6 Å². The monoisotopic (exact) mass is 728 g/mol. The Balaban J connectivity index is 0.987. The Kier molecular flexibility index (Phi) is 12.3. The summed E-state index contributed by atoms with van der Waals surface area (Å²) in [5.41, 5.74) is 14.3. The first-order chi connectivity index (χ1) is 25.0. The van der Waals surface area contributed by atoms with Gasteiger partial charge in [-0.2, -0.15) is 0 Å². The molecule has 7 amide bonds. The molecule has 0 bridgehead atoms. The maximum absolute atomic E-state index is 13.6. The largest absolute Gasteiger partial charge is 0.368 e. The van der Waals surface area contributed by atoms with Crippen LogP contribution in [0.3, 0.4) is 0 Å². The molecule has 3 saturated carbocycles. The summed E-state index contributed by atoms with van der Waals surface area (Å²) >= 11 is 0. The first kappa shape index (κ1) is 37.9. The van der Waals surface area contributed by atoms with Crippen molar-refractivity contribution in [2.45, 2.75) is 139 Å². The molecule has 9 atom stereocenters. The Morgan fingerprint density at radius 1 is 0.442 bits per heavy atom. The molecule has 8 N–H and O–H groups in total. The first-order valence-corrected chi connectivity index (χ1v) is 19.4. The van der Waals surface area contributed by atoms with Gasteiger partial charge in [0.25, 0.3) is 0 Å². The highest BCUT2D eigenvalue weighted by atomic mass is 16.2. The number of hydrogen-bond donors (Lipinski definition) is 7. The summed E-state index contributed by atoms with van der Waals surface area (Å²) in [6.07, 6.45) is 10.3. The van der Waals surface area contributed by atoms with Crippen LogP contribution in [0.4, 0.5) is 0 Å². The van der Waals surface area contributed by atoms with Crippen molar-refractivity contribution in [3.8, 4) is 0 Å². The van der Waals surface area contributed by atoms with Crippen molar-refractivity contribution in [3.05, 3.63) is 0 Å². The molecule has 0 aromatic rings. The summed E-state index contributed by atoms with van der Waals surface area (Å²) in [5.74, 6) is -2.99. The quantitative estimate of drug-likeness (QED) is 0.128. The van der Waals surface area contributed by atoms with E-state index in [4.69, 9.17) is 5.73 Å². The van der Waals surface area contributed by atoms with Crippen molar-refractivity contribution in [2.24, 2.45) is 23.5 Å². The van der Waals surface area contributed by atoms with Gasteiger partial charge in [-0.1, -0.05) is 19.3 Å². The third-order valence-corrected chi connectivity index (χ3v) is 12.1. The lowest BCUT2D eigenvalue weighted by molar-refractivity contribution is -0.136. The number of amides is 7. The van der Waals surface area contributed by atoms with Crippen LogP contribution in [-0.4, -0.2) is 112 Å². The third-order valence-electron chi connectivity index (χ3n) is 12.1. The van der Waals surface area contributed by atoms with Gasteiger partial charge in [-0.3, -0.25) is 49.8 Å². The zero-order chi connectivity index (χ0) is 36.9. The van der Waals surface area contributed by atoms with Crippen molar-refractivity contribution in [2.75, 3.05) is 19.6 Å². The number of nitrogens with two attached hydrogens (primary N) is 1. The molecule has 0 spiro atoms. The predicted octanol–water partition coefficient (Wildman–Crippen LogP) is -1.17. The predicted molar refractivity (Wildman–Crippen MR) is 186 cm³/mol. The molecule has 3 saturated heterocycles. The van der Waals surface area contributed by atoms with Gasteiger partial charge in [0.05, 0.1) is 17.8 Å². The highest BCUT2D eigenvalue weighted by Crippen LogP contribution is 2.30. The SMILES string of the molecule is CC(=O)N[C@@H]1CCC[C@H]1C(=O)NN1CCC[C@H]1C(=O)N[C@@H]1CCC[C@H]1C(=O)NN1CCC[C@H]1C(=O)N[C@@H]1CCC[C@H]1C(=O)NN1CCC[C@H]1C(N)=O. The number of rotatable bonds is 12. The lowest BCUT2D eigenvalue weighted by Gasteiger charge is -2.31. The van der Waals surface area contributed by atoms with Gasteiger partial charge in [0.1, 0.15) is 18.1 Å². The molecule has 6 aliphatic rings. The third kappa shape index (κ3) is 8.68. The highest BCUT2D eigenvalue weighted by Gasteiger charge is 2.43. The standard InChI is InChI=1S/C35H56N10O7/c1-20(46)37-24-11-2-8-21(24)31(48)41-44-18-6-15-28(44)34(51)39-26-13-4-10-23(26)33(50)42-45-19-7-16-29(45)35(52)38-25-12-3-9-22(25)32(49)40-43-17-5-14-27(43)30(36)47/h21-29H,2-19H2,1H3,(H2,36,47)(H,37,46)(H,38,52)(H,39,51)(H,40,49)(H,41,48)(H,42,50)/t21-,22-,23-,24-,25-,26-,27+,28+,29+/m1/s1. The topological polar surface area (TPSA) is 227 Å². The minimum absolute atomic E-state index is 0.166. The summed E-state index contributed by atoms with van der Waals surface area (Å²) < 4.78 is 0. The van der Waals surface area contributed by atoms with E-state index in [0.717, 1.165) is 44.9 Å². The number of hydrogen-bond acceptors (Lipinski definition) is 10. The van der Waals surface area contributed by atoms with Gasteiger partial charge in [-0.15, -0.1) is 0 Å². The molecule has 52 heavy (non-hydrogen) atoms. The Hall–Kier alpha value is -3.83. The molecule has 3 aliphatic carbocycles. The number of nitrogens with one attached hydrogen (secondary N) is 6. The van der Waals surface area contributed by atoms with Gasteiger partial charge >= 0.3 is 0 Å². The lowest BCUT2D eigenvalue weighted by Crippen LogP contribution is -2.58. The van der Waals surface area contributed by atoms with Crippen LogP contribution in [0.2, 0.25) is 0 Å². The molecule has 0 unspecified atom stereocenters. The van der Waals surface area contributed by atoms with E-state index >= 15 is 0 Å². The Labute approximate surface area is 304 Å². The van der Waals surface area contributed by atoms with Crippen molar-refractivity contribution in [3.63, 3.8) is 0 Å². The molecule has 0 aromatic carbocycles. The fourth-order valence-corrected chi connectivity index (χ4v) is 9.37. The minimum Gasteiger partial charge on any atom is -0.368 e. The minimum atomic E-state index is -0.582. The van der Waals surface area contributed by atoms with Gasteiger partial charge in [-0.05, 0) is 77.0 Å². The first-order valence-electron chi connectivity index (χ1n) is 19.4. The number of carbonyl (C=O) groups is 7. The zero-order valence-electron chi connectivity index (χ0n) is 30.2. The lowest BCUT2D eigenvalue weighted by atomic mass is 10.0. The van der Waals surface area contributed by atoms with E-state index in [-0.39, 0.29) is 59.5 Å². The average molecular weight is 729 g/mol. The average Bonchev–Trinajstić information content (AvgIpc) is 3.93. The maximum Gasteiger partial charge on any atom is 0.239 e. The summed E-state index contributed by atoms with van der Waals surface area (Å²) in [7, 11) is 0. The van der Waals surface area contributed by atoms with E-state index < -0.39 is 35.9 Å². The molecule has 3 aliphatic heterocycles. The van der Waals surface area contributed by atoms with Crippen molar-refractivity contribution in [1.82, 2.24) is 47.3 Å². The molecule has 17 nitrogen and oxygen atoms in total. The smallest absolute Gasteiger partial charge is 0.239 e. The normalized spacial score (nSPS) is 33.8. The molecule has 17 heteroatoms. The summed E-state index contributed by atoms with van der Waals surface area (Å²) in [6.45, 7) is 3.04. The number of nitrogens with zero attached hydrogens (tertiary/aromatic N) is 3. The molecule has 0 radical (unpaired) electrons. The van der Waals surface area contributed by atoms with Crippen LogP contribution in [0.5, 0.6) is 0 Å². The number of hydrazine groups is 3. The number of primary amides is 1. The summed E-state index contributed by atoms with van der Waals surface area (Å²) in [4.78, 5) is 90.5. The van der Waals surface area contributed by atoms with Crippen molar-refractivity contribution >= 4 is 41.4 Å². The molecular formula is C35H56N10O7. The maximum atomic E-state index is 13.6. The molecule has 0 aromatic heterocycles. The molecule has 288 valence electrons. The zero-order valence-corrected chi connectivity index (χ0v) is 30.2. The summed E-state index contributed by atoms with van der Waals surface area (Å²) in [5, 5.41) is 14.1. The Bertz CT molecular complexity index is 1400. The van der Waals surface area contributed by atoms with Gasteiger partial charge in [0.15, 0.2) is 0 Å². The van der Waals surface area contributed by atoms with E-state index in [1.54, 1.807) is 15.0 Å². The van der Waals surface area contributed by atoms with E-state index in [0.29, 0.717) is 71.0 Å². The van der Waals surface area contributed by atoms with Crippen LogP contribution in [0.15, 0.2) is 0 Å². The van der Waals surface area contributed by atoms with E-state index in [9.17, 15) is 33.6 Å². The highest BCUT2D eigenvalue weighted by molar-refractivity contribution is 5.87. The van der Waals surface area contributed by atoms with Gasteiger partial charge in [-0.25, -0.2) is 15.0 Å². The molecule has 3 heterocycles. The number of carbonyl (C=O) groups excluding carboxylic acids is 7. The fourth-order valence-electron chi connectivity index (χ4n) is 9.37. The van der Waals surface area contributed by atoms with Crippen LogP contribution in [0.25, 0.3) is 0 Å². The van der Waals surface area contributed by atoms with Crippen molar-refractivity contribution < 1.29 is 33.6 Å². The van der Waals surface area contributed by atoms with Crippen LogP contribution >= 0.6 is 0 Å². The second kappa shape index (κ2) is 16.9. The van der Waals surface area contributed by atoms with Crippen LogP contribution < -0.4 is 38.0 Å². The van der Waals surface area contributed by atoms with Crippen molar-refractivity contribution in [1.29, 1.82) is 0 Å². The van der Waals surface area contributed by atoms with Crippen LogP contribution in [0.1, 0.15) is 103 Å². The van der Waals surface area contributed by atoms with E-state index in [2.05, 4.69) is 32.2 Å². The molecule has 6 fully saturated rings. The van der Waals surface area contributed by atoms with Gasteiger partial charge in [0, 0.05) is 44.7 Å². The Morgan fingerprint density at radius 2 is 0.788 bits per heavy atom. The van der Waals surface area contributed by atoms with Gasteiger partial charge < -0.3 is 21.7 Å². The van der Waals surface area contributed by atoms with Gasteiger partial charge in [0.2, 0.25) is 41.4 Å². The molecule has 6 rings (SSSR count).